The van der Waals surface area contributed by atoms with Crippen LogP contribution >= 0.6 is 0 Å². The zero-order valence-corrected chi connectivity index (χ0v) is 19.0. The van der Waals surface area contributed by atoms with E-state index >= 15 is 0 Å². The lowest BCUT2D eigenvalue weighted by Gasteiger charge is -2.40. The van der Waals surface area contributed by atoms with Crippen LogP contribution in [0.5, 0.6) is 0 Å². The van der Waals surface area contributed by atoms with Gasteiger partial charge in [0.25, 0.3) is 0 Å². The second-order valence-electron chi connectivity index (χ2n) is 8.07. The molecule has 0 aliphatic carbocycles. The molecule has 0 bridgehead atoms. The quantitative estimate of drug-likeness (QED) is 0.491. The number of piperazine rings is 1. The maximum atomic E-state index is 12.3. The standard InChI is InChI=1S/C25H33N5O2/c1-4-14-26-24(31)25(32)27-19-23(20-10-12-21(13-11-20)28(2)3)30-17-15-29(16-18-30)22-8-6-5-7-9-22/h4-13,23H,1,14-19H2,2-3H3,(H,26,31)(H,27,32)/t23-/m1/s1. The van der Waals surface area contributed by atoms with Crippen molar-refractivity contribution in [1.29, 1.82) is 0 Å². The van der Waals surface area contributed by atoms with Gasteiger partial charge in [-0.1, -0.05) is 36.4 Å². The maximum Gasteiger partial charge on any atom is 0.309 e. The highest BCUT2D eigenvalue weighted by molar-refractivity contribution is 6.35. The maximum absolute atomic E-state index is 12.3. The molecule has 170 valence electrons. The Kier molecular flexibility index (Phi) is 8.27. The topological polar surface area (TPSA) is 67.9 Å². The van der Waals surface area contributed by atoms with E-state index in [2.05, 4.69) is 80.4 Å². The molecular formula is C25H33N5O2. The average Bonchev–Trinajstić information content (AvgIpc) is 2.83. The molecule has 1 atom stereocenters. The van der Waals surface area contributed by atoms with Crippen LogP contribution in [0.3, 0.4) is 0 Å². The second-order valence-corrected chi connectivity index (χ2v) is 8.07. The Hall–Kier alpha value is -3.32. The van der Waals surface area contributed by atoms with Gasteiger partial charge in [-0.2, -0.15) is 0 Å². The Morgan fingerprint density at radius 1 is 0.969 bits per heavy atom. The van der Waals surface area contributed by atoms with Crippen LogP contribution in [0.25, 0.3) is 0 Å². The lowest BCUT2D eigenvalue weighted by molar-refractivity contribution is -0.139. The van der Waals surface area contributed by atoms with Crippen LogP contribution in [0.15, 0.2) is 67.3 Å². The van der Waals surface area contributed by atoms with E-state index in [9.17, 15) is 9.59 Å². The number of para-hydroxylation sites is 1. The van der Waals surface area contributed by atoms with Gasteiger partial charge in [0.2, 0.25) is 0 Å². The molecule has 0 aromatic heterocycles. The van der Waals surface area contributed by atoms with E-state index in [-0.39, 0.29) is 12.6 Å². The molecule has 1 fully saturated rings. The van der Waals surface area contributed by atoms with Gasteiger partial charge >= 0.3 is 11.8 Å². The van der Waals surface area contributed by atoms with E-state index in [1.165, 1.54) is 5.69 Å². The molecule has 0 radical (unpaired) electrons. The van der Waals surface area contributed by atoms with Crippen LogP contribution in [0.4, 0.5) is 11.4 Å². The molecule has 32 heavy (non-hydrogen) atoms. The third-order valence-corrected chi connectivity index (χ3v) is 5.74. The minimum absolute atomic E-state index is 0.0136. The second kappa shape index (κ2) is 11.3. The van der Waals surface area contributed by atoms with Crippen molar-refractivity contribution in [3.8, 4) is 0 Å². The normalized spacial score (nSPS) is 15.0. The van der Waals surface area contributed by atoms with E-state index in [0.717, 1.165) is 37.4 Å². The van der Waals surface area contributed by atoms with Gasteiger partial charge in [-0.15, -0.1) is 6.58 Å². The van der Waals surface area contributed by atoms with Crippen molar-refractivity contribution in [2.24, 2.45) is 0 Å². The minimum Gasteiger partial charge on any atom is -0.378 e. The minimum atomic E-state index is -0.638. The van der Waals surface area contributed by atoms with Crippen LogP contribution in [0.2, 0.25) is 0 Å². The third-order valence-electron chi connectivity index (χ3n) is 5.74. The Balaban J connectivity index is 1.70. The van der Waals surface area contributed by atoms with Gasteiger partial charge in [-0.25, -0.2) is 0 Å². The summed E-state index contributed by atoms with van der Waals surface area (Å²) in [7, 11) is 4.02. The van der Waals surface area contributed by atoms with Crippen molar-refractivity contribution in [1.82, 2.24) is 15.5 Å². The molecule has 2 aromatic carbocycles. The van der Waals surface area contributed by atoms with Crippen molar-refractivity contribution in [3.05, 3.63) is 72.8 Å². The molecule has 2 amide bonds. The number of benzene rings is 2. The zero-order valence-electron chi connectivity index (χ0n) is 19.0. The van der Waals surface area contributed by atoms with Gasteiger partial charge in [0.1, 0.15) is 0 Å². The highest BCUT2D eigenvalue weighted by atomic mass is 16.2. The monoisotopic (exact) mass is 435 g/mol. The number of hydrogen-bond donors (Lipinski definition) is 2. The van der Waals surface area contributed by atoms with Crippen molar-refractivity contribution in [2.75, 3.05) is 63.2 Å². The molecule has 1 aliphatic heterocycles. The summed E-state index contributed by atoms with van der Waals surface area (Å²) in [5.41, 5.74) is 3.47. The molecule has 1 aliphatic rings. The molecule has 2 N–H and O–H groups in total. The number of anilines is 2. The molecule has 1 heterocycles. The molecule has 1 saturated heterocycles. The van der Waals surface area contributed by atoms with Crippen molar-refractivity contribution in [2.45, 2.75) is 6.04 Å². The van der Waals surface area contributed by atoms with Crippen LogP contribution in [-0.2, 0) is 9.59 Å². The largest absolute Gasteiger partial charge is 0.378 e. The number of nitrogens with one attached hydrogen (secondary N) is 2. The number of carbonyl (C=O) groups is 2. The highest BCUT2D eigenvalue weighted by Gasteiger charge is 2.26. The predicted octanol–water partition coefficient (Wildman–Crippen LogP) is 2.03. The number of hydrogen-bond acceptors (Lipinski definition) is 5. The first-order valence-corrected chi connectivity index (χ1v) is 11.0. The first-order chi connectivity index (χ1) is 15.5. The lowest BCUT2D eigenvalue weighted by Crippen LogP contribution is -2.50. The fraction of sp³-hybridized carbons (Fsp3) is 0.360. The van der Waals surface area contributed by atoms with E-state index in [1.54, 1.807) is 6.08 Å². The third kappa shape index (κ3) is 6.11. The van der Waals surface area contributed by atoms with Crippen LogP contribution in [-0.4, -0.2) is 70.1 Å². The van der Waals surface area contributed by atoms with Crippen LogP contribution in [0, 0.1) is 0 Å². The van der Waals surface area contributed by atoms with Gasteiger partial charge in [-0.3, -0.25) is 14.5 Å². The molecular weight excluding hydrogens is 402 g/mol. The summed E-state index contributed by atoms with van der Waals surface area (Å²) in [4.78, 5) is 31.0. The van der Waals surface area contributed by atoms with Crippen molar-refractivity contribution >= 4 is 23.2 Å². The van der Waals surface area contributed by atoms with Gasteiger partial charge in [0.15, 0.2) is 0 Å². The molecule has 0 unspecified atom stereocenters. The smallest absolute Gasteiger partial charge is 0.309 e. The molecule has 0 spiro atoms. The fourth-order valence-electron chi connectivity index (χ4n) is 3.90. The van der Waals surface area contributed by atoms with Gasteiger partial charge < -0.3 is 20.4 Å². The van der Waals surface area contributed by atoms with Crippen LogP contribution < -0.4 is 20.4 Å². The first-order valence-electron chi connectivity index (χ1n) is 11.0. The molecule has 2 aromatic rings. The SMILES string of the molecule is C=CCNC(=O)C(=O)NC[C@H](c1ccc(N(C)C)cc1)N1CCN(c2ccccc2)CC1. The average molecular weight is 436 g/mol. The Morgan fingerprint density at radius 2 is 1.59 bits per heavy atom. The van der Waals surface area contributed by atoms with Crippen LogP contribution in [0.1, 0.15) is 11.6 Å². The van der Waals surface area contributed by atoms with Gasteiger partial charge in [-0.05, 0) is 29.8 Å². The van der Waals surface area contributed by atoms with E-state index in [1.807, 2.05) is 20.2 Å². The van der Waals surface area contributed by atoms with Crippen molar-refractivity contribution in [3.63, 3.8) is 0 Å². The van der Waals surface area contributed by atoms with E-state index in [4.69, 9.17) is 0 Å². The fourth-order valence-corrected chi connectivity index (χ4v) is 3.90. The Labute approximate surface area is 190 Å². The summed E-state index contributed by atoms with van der Waals surface area (Å²) >= 11 is 0. The lowest BCUT2D eigenvalue weighted by atomic mass is 10.0. The number of carbonyl (C=O) groups excluding carboxylic acids is 2. The van der Waals surface area contributed by atoms with Gasteiger partial charge in [0, 0.05) is 64.7 Å². The van der Waals surface area contributed by atoms with Gasteiger partial charge in [0.05, 0.1) is 6.04 Å². The summed E-state index contributed by atoms with van der Waals surface area (Å²) in [5, 5.41) is 5.34. The first kappa shape index (κ1) is 23.3. The number of rotatable bonds is 8. The molecule has 0 saturated carbocycles. The summed E-state index contributed by atoms with van der Waals surface area (Å²) in [6, 6.07) is 18.8. The Bertz CT molecular complexity index is 890. The molecule has 3 rings (SSSR count). The predicted molar refractivity (Wildman–Crippen MR) is 130 cm³/mol. The zero-order chi connectivity index (χ0) is 22.9. The number of nitrogens with zero attached hydrogens (tertiary/aromatic N) is 3. The number of amides is 2. The highest BCUT2D eigenvalue weighted by Crippen LogP contribution is 2.25. The van der Waals surface area contributed by atoms with Crippen molar-refractivity contribution < 1.29 is 9.59 Å². The summed E-state index contributed by atoms with van der Waals surface area (Å²) in [5.74, 6) is -1.26. The molecule has 7 nitrogen and oxygen atoms in total. The molecule has 7 heteroatoms. The van der Waals surface area contributed by atoms with E-state index < -0.39 is 11.8 Å². The summed E-state index contributed by atoms with van der Waals surface area (Å²) in [6.45, 7) is 7.74. The summed E-state index contributed by atoms with van der Waals surface area (Å²) < 4.78 is 0. The Morgan fingerprint density at radius 3 is 2.19 bits per heavy atom. The van der Waals surface area contributed by atoms with E-state index in [0.29, 0.717) is 6.54 Å². The summed E-state index contributed by atoms with van der Waals surface area (Å²) in [6.07, 6.45) is 1.55.